The molecule has 3 aromatic carbocycles. The predicted octanol–water partition coefficient (Wildman–Crippen LogP) is 2.59. The molecule has 0 radical (unpaired) electrons. The molecule has 2 aliphatic rings. The van der Waals surface area contributed by atoms with Crippen LogP contribution >= 0.6 is 0 Å². The number of guanidine groups is 1. The van der Waals surface area contributed by atoms with Crippen LogP contribution in [-0.2, 0) is 26.0 Å². The van der Waals surface area contributed by atoms with Crippen molar-refractivity contribution in [2.24, 2.45) is 10.9 Å². The van der Waals surface area contributed by atoms with Gasteiger partial charge in [-0.3, -0.25) is 24.5 Å². The highest BCUT2D eigenvalue weighted by molar-refractivity contribution is 7.88. The summed E-state index contributed by atoms with van der Waals surface area (Å²) in [6.45, 7) is 1.77. The molecule has 0 aliphatic carbocycles. The van der Waals surface area contributed by atoms with Gasteiger partial charge in [-0.25, -0.2) is 13.1 Å². The van der Waals surface area contributed by atoms with Crippen LogP contribution in [0.1, 0.15) is 52.0 Å². The molecule has 12 nitrogen and oxygen atoms in total. The Morgan fingerprint density at radius 1 is 0.816 bits per heavy atom. The molecule has 0 aromatic heterocycles. The van der Waals surface area contributed by atoms with E-state index < -0.39 is 33.9 Å². The number of hydrogen-bond acceptors (Lipinski definition) is 6. The van der Waals surface area contributed by atoms with E-state index in [0.29, 0.717) is 63.0 Å². The first-order chi connectivity index (χ1) is 23.6. The molecular weight excluding hydrogens is 644 g/mol. The van der Waals surface area contributed by atoms with Gasteiger partial charge in [0.2, 0.25) is 27.8 Å². The van der Waals surface area contributed by atoms with E-state index in [1.54, 1.807) is 48.5 Å². The fraction of sp³-hybridized carbons (Fsp3) is 0.361. The van der Waals surface area contributed by atoms with Gasteiger partial charge in [0.25, 0.3) is 11.8 Å². The second-order valence-electron chi connectivity index (χ2n) is 12.4. The maximum atomic E-state index is 13.6. The Bertz CT molecular complexity index is 1750. The molecule has 3 aromatic rings. The third kappa shape index (κ3) is 10.1. The average molecular weight is 687 g/mol. The maximum Gasteiger partial charge on any atom is 0.280 e. The van der Waals surface area contributed by atoms with Gasteiger partial charge in [0.15, 0.2) is 0 Å². The van der Waals surface area contributed by atoms with Crippen LogP contribution in [0, 0.1) is 5.92 Å². The van der Waals surface area contributed by atoms with Crippen molar-refractivity contribution >= 4 is 39.6 Å². The Morgan fingerprint density at radius 3 is 2.02 bits per heavy atom. The number of benzene rings is 3. The minimum atomic E-state index is -3.69. The van der Waals surface area contributed by atoms with Crippen molar-refractivity contribution in [2.75, 3.05) is 32.4 Å². The number of hydrogen-bond donors (Lipinski definition) is 3. The number of rotatable bonds is 10. The standard InChI is InChI=1S/C36H42N6O6S/c1-49(47,48)40-30(24-26-12-5-2-6-13-26)35(46)42-21-11-18-31(42)34(45)37-25-27-19-22-41(23-20-27)36(38-32(43)28-14-7-3-8-15-28)39-33(44)29-16-9-4-10-17-29/h2-10,12-17,27,30-31,40H,11,18-25H2,1H3,(H,37,45)(H,38,39,43,44)/t30-,31+/m1/s1. The monoisotopic (exact) mass is 686 g/mol. The van der Waals surface area contributed by atoms with Crippen LogP contribution in [0.2, 0.25) is 0 Å². The Morgan fingerprint density at radius 2 is 1.41 bits per heavy atom. The zero-order chi connectivity index (χ0) is 34.8. The van der Waals surface area contributed by atoms with Crippen molar-refractivity contribution in [1.29, 1.82) is 0 Å². The fourth-order valence-electron chi connectivity index (χ4n) is 6.18. The number of carbonyl (C=O) groups is 4. The van der Waals surface area contributed by atoms with Crippen LogP contribution in [0.3, 0.4) is 0 Å². The van der Waals surface area contributed by atoms with Crippen molar-refractivity contribution in [2.45, 2.75) is 44.2 Å². The van der Waals surface area contributed by atoms with Gasteiger partial charge < -0.3 is 15.1 Å². The summed E-state index contributed by atoms with van der Waals surface area (Å²) in [7, 11) is -3.69. The van der Waals surface area contributed by atoms with Gasteiger partial charge in [0.1, 0.15) is 12.1 Å². The van der Waals surface area contributed by atoms with Crippen molar-refractivity contribution in [3.8, 4) is 0 Å². The van der Waals surface area contributed by atoms with E-state index in [4.69, 9.17) is 0 Å². The van der Waals surface area contributed by atoms with Crippen molar-refractivity contribution in [1.82, 2.24) is 25.2 Å². The van der Waals surface area contributed by atoms with E-state index in [1.165, 1.54) is 4.90 Å². The van der Waals surface area contributed by atoms with E-state index in [2.05, 4.69) is 20.3 Å². The van der Waals surface area contributed by atoms with Gasteiger partial charge in [-0.1, -0.05) is 66.7 Å². The van der Waals surface area contributed by atoms with Crippen LogP contribution in [0.5, 0.6) is 0 Å². The van der Waals surface area contributed by atoms with Crippen LogP contribution in [0.4, 0.5) is 0 Å². The number of likely N-dealkylation sites (tertiary alicyclic amines) is 2. The third-order valence-corrected chi connectivity index (χ3v) is 9.46. The van der Waals surface area contributed by atoms with Crippen molar-refractivity contribution in [3.63, 3.8) is 0 Å². The summed E-state index contributed by atoms with van der Waals surface area (Å²) < 4.78 is 26.7. The lowest BCUT2D eigenvalue weighted by atomic mass is 9.96. The molecule has 0 spiro atoms. The summed E-state index contributed by atoms with van der Waals surface area (Å²) in [6, 6.07) is 24.8. The van der Waals surface area contributed by atoms with Crippen LogP contribution in [0.15, 0.2) is 96.0 Å². The molecular formula is C36H42N6O6S. The quantitative estimate of drug-likeness (QED) is 0.219. The molecule has 0 bridgehead atoms. The molecule has 0 unspecified atom stereocenters. The molecule has 49 heavy (non-hydrogen) atoms. The number of sulfonamides is 1. The summed E-state index contributed by atoms with van der Waals surface area (Å²) in [4.78, 5) is 60.7. The molecule has 2 fully saturated rings. The second kappa shape index (κ2) is 16.5. The minimum Gasteiger partial charge on any atom is -0.354 e. The summed E-state index contributed by atoms with van der Waals surface area (Å²) >= 11 is 0. The third-order valence-electron chi connectivity index (χ3n) is 8.74. The SMILES string of the molecule is CS(=O)(=O)N[C@H](Cc1ccccc1)C(=O)N1CCC[C@H]1C(=O)NCC1CCN(C(=NC(=O)c2ccccc2)NC(=O)c2ccccc2)CC1. The van der Waals surface area contributed by atoms with E-state index >= 15 is 0 Å². The summed E-state index contributed by atoms with van der Waals surface area (Å²) in [5.74, 6) is -1.22. The Kier molecular flexibility index (Phi) is 11.9. The highest BCUT2D eigenvalue weighted by atomic mass is 32.2. The van der Waals surface area contributed by atoms with Gasteiger partial charge in [0.05, 0.1) is 6.26 Å². The summed E-state index contributed by atoms with van der Waals surface area (Å²) in [6.07, 6.45) is 3.66. The smallest absolute Gasteiger partial charge is 0.280 e. The molecule has 2 saturated heterocycles. The molecule has 13 heteroatoms. The largest absolute Gasteiger partial charge is 0.354 e. The minimum absolute atomic E-state index is 0.124. The van der Waals surface area contributed by atoms with E-state index in [9.17, 15) is 27.6 Å². The number of amides is 4. The van der Waals surface area contributed by atoms with Gasteiger partial charge in [-0.2, -0.15) is 4.99 Å². The summed E-state index contributed by atoms with van der Waals surface area (Å²) in [5.41, 5.74) is 1.66. The fourth-order valence-corrected chi connectivity index (χ4v) is 6.89. The molecule has 2 aliphatic heterocycles. The first kappa shape index (κ1) is 35.4. The van der Waals surface area contributed by atoms with Gasteiger partial charge >= 0.3 is 0 Å². The van der Waals surface area contributed by atoms with E-state index in [0.717, 1.165) is 11.8 Å². The Hall–Kier alpha value is -4.88. The maximum absolute atomic E-state index is 13.6. The number of nitrogens with one attached hydrogen (secondary N) is 3. The first-order valence-corrected chi connectivity index (χ1v) is 18.4. The van der Waals surface area contributed by atoms with E-state index in [-0.39, 0.29) is 30.1 Å². The average Bonchev–Trinajstić information content (AvgIpc) is 3.61. The van der Waals surface area contributed by atoms with Crippen LogP contribution in [0.25, 0.3) is 0 Å². The number of nitrogens with zero attached hydrogens (tertiary/aromatic N) is 3. The Labute approximate surface area is 287 Å². The molecule has 2 atom stereocenters. The lowest BCUT2D eigenvalue weighted by Gasteiger charge is -2.34. The zero-order valence-electron chi connectivity index (χ0n) is 27.5. The molecule has 5 rings (SSSR count). The molecule has 4 amide bonds. The summed E-state index contributed by atoms with van der Waals surface area (Å²) in [5, 5.41) is 5.85. The van der Waals surface area contributed by atoms with Gasteiger partial charge in [-0.05, 0) is 67.9 Å². The molecule has 0 saturated carbocycles. The predicted molar refractivity (Wildman–Crippen MR) is 186 cm³/mol. The number of piperidine rings is 1. The topological polar surface area (TPSA) is 157 Å². The molecule has 258 valence electrons. The molecule has 2 heterocycles. The molecule has 3 N–H and O–H groups in total. The van der Waals surface area contributed by atoms with Crippen molar-refractivity contribution < 1.29 is 27.6 Å². The van der Waals surface area contributed by atoms with Crippen LogP contribution < -0.4 is 15.4 Å². The highest BCUT2D eigenvalue weighted by Gasteiger charge is 2.38. The van der Waals surface area contributed by atoms with Gasteiger partial charge in [-0.15, -0.1) is 0 Å². The lowest BCUT2D eigenvalue weighted by molar-refractivity contribution is -0.139. The lowest BCUT2D eigenvalue weighted by Crippen LogP contribution is -2.54. The normalized spacial score (nSPS) is 17.7. The second-order valence-corrected chi connectivity index (χ2v) is 14.2. The number of carbonyl (C=O) groups excluding carboxylic acids is 4. The first-order valence-electron chi connectivity index (χ1n) is 16.5. The highest BCUT2D eigenvalue weighted by Crippen LogP contribution is 2.22. The Balaban J connectivity index is 1.19. The van der Waals surface area contributed by atoms with Gasteiger partial charge in [0, 0.05) is 37.3 Å². The van der Waals surface area contributed by atoms with E-state index in [1.807, 2.05) is 47.4 Å². The van der Waals surface area contributed by atoms with Crippen LogP contribution in [-0.4, -0.2) is 92.3 Å². The number of aliphatic imine (C=N–C) groups is 1. The van der Waals surface area contributed by atoms with Crippen molar-refractivity contribution in [3.05, 3.63) is 108 Å². The zero-order valence-corrected chi connectivity index (χ0v) is 28.3.